The van der Waals surface area contributed by atoms with Crippen LogP contribution in [0, 0.1) is 11.6 Å². The smallest absolute Gasteiger partial charge is 0.257 e. The second kappa shape index (κ2) is 7.67. The minimum absolute atomic E-state index is 0.0259. The number of halogens is 2. The van der Waals surface area contributed by atoms with Crippen molar-refractivity contribution in [3.8, 4) is 11.4 Å². The Bertz CT molecular complexity index is 1030. The molecule has 144 valence electrons. The largest absolute Gasteiger partial charge is 0.337 e. The van der Waals surface area contributed by atoms with E-state index >= 15 is 0 Å². The van der Waals surface area contributed by atoms with Crippen molar-refractivity contribution in [2.24, 2.45) is 0 Å². The van der Waals surface area contributed by atoms with Crippen molar-refractivity contribution in [1.29, 1.82) is 0 Å². The number of aromatic nitrogens is 3. The Labute approximate surface area is 164 Å². The normalized spacial score (nSPS) is 16.5. The van der Waals surface area contributed by atoms with E-state index in [0.717, 1.165) is 18.6 Å². The van der Waals surface area contributed by atoms with Crippen LogP contribution in [0.2, 0.25) is 0 Å². The van der Waals surface area contributed by atoms with Crippen LogP contribution >= 0.6 is 11.8 Å². The summed E-state index contributed by atoms with van der Waals surface area (Å²) in [5.74, 6) is -1.35. The highest BCUT2D eigenvalue weighted by Gasteiger charge is 2.35. The Morgan fingerprint density at radius 1 is 1.32 bits per heavy atom. The van der Waals surface area contributed by atoms with Crippen LogP contribution in [0.3, 0.4) is 0 Å². The zero-order chi connectivity index (χ0) is 19.7. The average Bonchev–Trinajstić information content (AvgIpc) is 3.36. The fraction of sp³-hybridized carbons (Fsp3) is 0.263. The number of nitrogens with zero attached hydrogens (tertiary/aromatic N) is 4. The van der Waals surface area contributed by atoms with Gasteiger partial charge in [-0.1, -0.05) is 5.16 Å². The minimum Gasteiger partial charge on any atom is -0.337 e. The first kappa shape index (κ1) is 18.5. The monoisotopic (exact) mass is 402 g/mol. The second-order valence-corrected chi connectivity index (χ2v) is 7.09. The van der Waals surface area contributed by atoms with Crippen molar-refractivity contribution in [2.45, 2.75) is 23.9 Å². The Morgan fingerprint density at radius 3 is 2.96 bits per heavy atom. The topological polar surface area (TPSA) is 72.1 Å². The van der Waals surface area contributed by atoms with Crippen molar-refractivity contribution >= 4 is 17.7 Å². The van der Waals surface area contributed by atoms with Crippen molar-refractivity contribution in [3.63, 3.8) is 0 Å². The second-order valence-electron chi connectivity index (χ2n) is 6.30. The summed E-state index contributed by atoms with van der Waals surface area (Å²) in [4.78, 5) is 23.2. The number of benzene rings is 1. The Kier molecular flexibility index (Phi) is 5.08. The molecule has 0 bridgehead atoms. The highest BCUT2D eigenvalue weighted by atomic mass is 32.2. The van der Waals surface area contributed by atoms with Gasteiger partial charge in [-0.3, -0.25) is 4.79 Å². The fourth-order valence-electron chi connectivity index (χ4n) is 3.29. The molecule has 1 aromatic carbocycles. The first-order valence-corrected chi connectivity index (χ1v) is 9.90. The molecule has 0 radical (unpaired) electrons. The van der Waals surface area contributed by atoms with Gasteiger partial charge in [0.15, 0.2) is 0 Å². The Hall–Kier alpha value is -2.81. The van der Waals surface area contributed by atoms with Gasteiger partial charge < -0.3 is 9.42 Å². The van der Waals surface area contributed by atoms with Gasteiger partial charge in [0, 0.05) is 18.8 Å². The lowest BCUT2D eigenvalue weighted by molar-refractivity contribution is 0.0705. The molecule has 9 heteroatoms. The molecule has 1 fully saturated rings. The number of hydrogen-bond donors (Lipinski definition) is 0. The number of amides is 1. The molecule has 1 unspecified atom stereocenters. The lowest BCUT2D eigenvalue weighted by Crippen LogP contribution is -2.31. The molecule has 0 spiro atoms. The molecule has 28 heavy (non-hydrogen) atoms. The summed E-state index contributed by atoms with van der Waals surface area (Å²) in [5.41, 5.74) is 0.565. The van der Waals surface area contributed by atoms with E-state index < -0.39 is 17.7 Å². The summed E-state index contributed by atoms with van der Waals surface area (Å²) in [5, 5.41) is 4.47. The van der Waals surface area contributed by atoms with Gasteiger partial charge in [-0.2, -0.15) is 4.98 Å². The molecule has 1 atom stereocenters. The van der Waals surface area contributed by atoms with Crippen LogP contribution in [-0.2, 0) is 0 Å². The first-order chi connectivity index (χ1) is 13.6. The van der Waals surface area contributed by atoms with E-state index in [1.165, 1.54) is 17.8 Å². The van der Waals surface area contributed by atoms with Gasteiger partial charge in [-0.25, -0.2) is 13.8 Å². The molecule has 2 aromatic heterocycles. The van der Waals surface area contributed by atoms with Crippen LogP contribution in [0.25, 0.3) is 11.4 Å². The standard InChI is InChI=1S/C19H16F2N4O2S/c1-28-18-13(4-2-8-22-18)19(26)25-9-3-5-15(25)17-23-16(24-27-17)12-7-6-11(20)10-14(12)21/h2,4,6-8,10,15H,3,5,9H2,1H3. The molecule has 1 amide bonds. The number of likely N-dealkylation sites (tertiary alicyclic amines) is 1. The third-order valence-corrected chi connectivity index (χ3v) is 5.32. The minimum atomic E-state index is -0.772. The van der Waals surface area contributed by atoms with Crippen LogP contribution in [0.15, 0.2) is 46.1 Å². The van der Waals surface area contributed by atoms with E-state index in [9.17, 15) is 13.6 Å². The molecule has 6 nitrogen and oxygen atoms in total. The van der Waals surface area contributed by atoms with Crippen LogP contribution in [-0.4, -0.2) is 38.7 Å². The SMILES string of the molecule is CSc1ncccc1C(=O)N1CCCC1c1nc(-c2ccc(F)cc2F)no1. The van der Waals surface area contributed by atoms with E-state index in [0.29, 0.717) is 23.6 Å². The lowest BCUT2D eigenvalue weighted by Gasteiger charge is -2.22. The third kappa shape index (κ3) is 3.37. The lowest BCUT2D eigenvalue weighted by atomic mass is 10.2. The van der Waals surface area contributed by atoms with Gasteiger partial charge in [0.1, 0.15) is 22.7 Å². The van der Waals surface area contributed by atoms with E-state index in [-0.39, 0.29) is 23.2 Å². The molecule has 3 heterocycles. The first-order valence-electron chi connectivity index (χ1n) is 8.67. The van der Waals surface area contributed by atoms with Gasteiger partial charge in [0.05, 0.1) is 11.1 Å². The molecule has 3 aromatic rings. The summed E-state index contributed by atoms with van der Waals surface area (Å²) in [7, 11) is 0. The molecule has 0 aliphatic carbocycles. The summed E-state index contributed by atoms with van der Waals surface area (Å²) >= 11 is 1.40. The molecule has 1 aliphatic heterocycles. The predicted molar refractivity (Wildman–Crippen MR) is 98.7 cm³/mol. The highest BCUT2D eigenvalue weighted by molar-refractivity contribution is 7.98. The maximum Gasteiger partial charge on any atom is 0.257 e. The van der Waals surface area contributed by atoms with E-state index in [2.05, 4.69) is 15.1 Å². The van der Waals surface area contributed by atoms with Gasteiger partial charge in [0.25, 0.3) is 5.91 Å². The zero-order valence-corrected chi connectivity index (χ0v) is 15.7. The summed E-state index contributed by atoms with van der Waals surface area (Å²) in [6.45, 7) is 0.550. The molecule has 0 saturated carbocycles. The number of pyridine rings is 1. The Morgan fingerprint density at radius 2 is 2.18 bits per heavy atom. The van der Waals surface area contributed by atoms with Crippen molar-refractivity contribution in [1.82, 2.24) is 20.0 Å². The van der Waals surface area contributed by atoms with Gasteiger partial charge >= 0.3 is 0 Å². The number of hydrogen-bond acceptors (Lipinski definition) is 6. The summed E-state index contributed by atoms with van der Waals surface area (Å²) in [6, 6.07) is 6.23. The molecule has 4 rings (SSSR count). The van der Waals surface area contributed by atoms with Crippen LogP contribution in [0.5, 0.6) is 0 Å². The molecule has 1 aliphatic rings. The maximum absolute atomic E-state index is 14.0. The molecule has 1 saturated heterocycles. The van der Waals surface area contributed by atoms with Crippen molar-refractivity contribution < 1.29 is 18.1 Å². The molecular weight excluding hydrogens is 386 g/mol. The van der Waals surface area contributed by atoms with Gasteiger partial charge in [-0.15, -0.1) is 11.8 Å². The van der Waals surface area contributed by atoms with Gasteiger partial charge in [-0.05, 0) is 43.4 Å². The number of carbonyl (C=O) groups excluding carboxylic acids is 1. The predicted octanol–water partition coefficient (Wildman–Crippen LogP) is 4.11. The third-order valence-electron chi connectivity index (χ3n) is 4.61. The van der Waals surface area contributed by atoms with Crippen LogP contribution in [0.1, 0.15) is 35.1 Å². The fourth-order valence-corrected chi connectivity index (χ4v) is 3.83. The molecular formula is C19H16F2N4O2S. The highest BCUT2D eigenvalue weighted by Crippen LogP contribution is 2.34. The van der Waals surface area contributed by atoms with E-state index in [1.807, 2.05) is 6.26 Å². The van der Waals surface area contributed by atoms with Crippen molar-refractivity contribution in [2.75, 3.05) is 12.8 Å². The molecule has 0 N–H and O–H groups in total. The summed E-state index contributed by atoms with van der Waals surface area (Å²) in [6.07, 6.45) is 4.95. The average molecular weight is 402 g/mol. The van der Waals surface area contributed by atoms with E-state index in [1.54, 1.807) is 23.2 Å². The van der Waals surface area contributed by atoms with Crippen LogP contribution in [0.4, 0.5) is 8.78 Å². The maximum atomic E-state index is 14.0. The Balaban J connectivity index is 1.62. The quantitative estimate of drug-likeness (QED) is 0.612. The zero-order valence-electron chi connectivity index (χ0n) is 14.9. The summed E-state index contributed by atoms with van der Waals surface area (Å²) < 4.78 is 32.4. The number of rotatable bonds is 4. The number of thioether (sulfide) groups is 1. The number of carbonyl (C=O) groups is 1. The van der Waals surface area contributed by atoms with Gasteiger partial charge in [0.2, 0.25) is 11.7 Å². The van der Waals surface area contributed by atoms with Crippen molar-refractivity contribution in [3.05, 3.63) is 59.6 Å². The van der Waals surface area contributed by atoms with E-state index in [4.69, 9.17) is 4.52 Å². The van der Waals surface area contributed by atoms with Crippen LogP contribution < -0.4 is 0 Å².